The van der Waals surface area contributed by atoms with Gasteiger partial charge in [0, 0.05) is 61.8 Å². The van der Waals surface area contributed by atoms with Crippen molar-refractivity contribution in [2.24, 2.45) is 5.73 Å². The molecule has 4 N–H and O–H groups in total. The second-order valence-corrected chi connectivity index (χ2v) is 13.7. The Bertz CT molecular complexity index is 2460. The van der Waals surface area contributed by atoms with E-state index in [2.05, 4.69) is 44.0 Å². The molecule has 264 valence electrons. The molecule has 5 heterocycles. The Morgan fingerprint density at radius 3 is 2.41 bits per heavy atom. The lowest BCUT2D eigenvalue weighted by molar-refractivity contribution is -0.253. The summed E-state index contributed by atoms with van der Waals surface area (Å²) in [5, 5.41) is 10.2. The molecule has 0 aliphatic carbocycles. The average Bonchev–Trinajstić information content (AvgIpc) is 3.79. The van der Waals surface area contributed by atoms with Crippen molar-refractivity contribution in [3.05, 3.63) is 80.1 Å². The van der Waals surface area contributed by atoms with Gasteiger partial charge in [0.1, 0.15) is 23.7 Å². The first-order chi connectivity index (χ1) is 24.8. The van der Waals surface area contributed by atoms with E-state index in [0.717, 1.165) is 49.2 Å². The fourth-order valence-electron chi connectivity index (χ4n) is 9.09. The van der Waals surface area contributed by atoms with E-state index >= 15 is 0 Å². The molecule has 6 aromatic rings. The number of para-hydroxylation sites is 2. The van der Waals surface area contributed by atoms with E-state index in [9.17, 15) is 14.4 Å². The van der Waals surface area contributed by atoms with Gasteiger partial charge in [0.25, 0.3) is 16.8 Å². The van der Waals surface area contributed by atoms with Crippen LogP contribution in [0.15, 0.2) is 58.1 Å². The predicted octanol–water partition coefficient (Wildman–Crippen LogP) is 3.27. The summed E-state index contributed by atoms with van der Waals surface area (Å²) in [5.74, 6) is -0.0798. The Kier molecular flexibility index (Phi) is 7.49. The van der Waals surface area contributed by atoms with Gasteiger partial charge in [-0.25, -0.2) is 0 Å². The highest BCUT2D eigenvalue weighted by molar-refractivity contribution is 6.31. The van der Waals surface area contributed by atoms with Gasteiger partial charge in [-0.1, -0.05) is 36.4 Å². The fraction of sp³-hybridized carbons (Fsp3) is 0.395. The highest BCUT2D eigenvalue weighted by Crippen LogP contribution is 2.54. The Hall–Kier alpha value is -4.79. The number of carbonyl (C=O) groups excluding carboxylic acids is 1. The maximum Gasteiger partial charge on any atom is 0.253 e. The minimum Gasteiger partial charge on any atom is -0.378 e. The number of nitrogens with one attached hydrogen (secondary N) is 2. The highest BCUT2D eigenvalue weighted by atomic mass is 16.6. The third-order valence-electron chi connectivity index (χ3n) is 11.1. The monoisotopic (exact) mass is 692 g/mol. The molecule has 9 rings (SSSR count). The number of likely N-dealkylation sites (N-methyl/N-ethyl adjacent to an activating group) is 1. The predicted molar refractivity (Wildman–Crippen MR) is 196 cm³/mol. The van der Waals surface area contributed by atoms with Crippen molar-refractivity contribution in [1.82, 2.24) is 14.5 Å². The number of methoxy groups -OCH3 is 1. The van der Waals surface area contributed by atoms with Crippen molar-refractivity contribution in [3.8, 4) is 0 Å². The Morgan fingerprint density at radius 2 is 1.67 bits per heavy atom. The molecule has 3 aliphatic heterocycles. The van der Waals surface area contributed by atoms with Crippen molar-refractivity contribution >= 4 is 60.9 Å². The molecule has 4 atom stereocenters. The van der Waals surface area contributed by atoms with E-state index in [0.29, 0.717) is 63.7 Å². The van der Waals surface area contributed by atoms with Crippen molar-refractivity contribution in [1.29, 1.82) is 0 Å². The standard InChI is InChI=1S/C38H40N6O7/c1-38-36(48-3)25(42(2)33-30(34(45)35(33)46)40-13-15-50-17-16-49-14-12-39)18-26(51-38)43-23-10-6-4-8-20(23)28-29-22(19-41-37(29)47)27-21-9-5-7-11-24(21)44(38)32(27)31(28)43/h4-11,25-26,36,40H,12-19,39H2,1-3H3,(H,41,47)/t25-,26-,36-,38+/m1/s1. The smallest absolute Gasteiger partial charge is 0.253 e. The lowest BCUT2D eigenvalue weighted by Gasteiger charge is -2.51. The van der Waals surface area contributed by atoms with Gasteiger partial charge in [-0.3, -0.25) is 14.4 Å². The van der Waals surface area contributed by atoms with Crippen LogP contribution >= 0.6 is 0 Å². The van der Waals surface area contributed by atoms with E-state index < -0.39 is 35.0 Å². The zero-order valence-corrected chi connectivity index (χ0v) is 28.8. The van der Waals surface area contributed by atoms with Gasteiger partial charge in [0.2, 0.25) is 0 Å². The first-order valence-corrected chi connectivity index (χ1v) is 17.5. The molecule has 1 amide bonds. The number of ether oxygens (including phenoxy) is 4. The van der Waals surface area contributed by atoms with Gasteiger partial charge >= 0.3 is 0 Å². The fourth-order valence-corrected chi connectivity index (χ4v) is 9.09. The van der Waals surface area contributed by atoms with Crippen LogP contribution in [0.3, 0.4) is 0 Å². The Morgan fingerprint density at radius 1 is 0.961 bits per heavy atom. The van der Waals surface area contributed by atoms with Crippen molar-refractivity contribution in [2.45, 2.75) is 44.0 Å². The summed E-state index contributed by atoms with van der Waals surface area (Å²) < 4.78 is 29.2. The molecule has 3 aliphatic rings. The first kappa shape index (κ1) is 32.1. The third kappa shape index (κ3) is 4.36. The summed E-state index contributed by atoms with van der Waals surface area (Å²) in [6.45, 7) is 4.91. The van der Waals surface area contributed by atoms with Crippen LogP contribution in [0.2, 0.25) is 0 Å². The second kappa shape index (κ2) is 11.9. The van der Waals surface area contributed by atoms with Crippen LogP contribution in [0.1, 0.15) is 35.5 Å². The number of amides is 1. The van der Waals surface area contributed by atoms with Gasteiger partial charge in [-0.05, 0) is 24.6 Å². The lowest BCUT2D eigenvalue weighted by atomic mass is 9.91. The highest BCUT2D eigenvalue weighted by Gasteiger charge is 2.55. The molecule has 0 radical (unpaired) electrons. The van der Waals surface area contributed by atoms with Crippen LogP contribution in [-0.2, 0) is 31.2 Å². The van der Waals surface area contributed by atoms with Crippen molar-refractivity contribution in [2.75, 3.05) is 63.9 Å². The van der Waals surface area contributed by atoms with Gasteiger partial charge in [-0.2, -0.15) is 0 Å². The molecule has 13 nitrogen and oxygen atoms in total. The third-order valence-corrected chi connectivity index (χ3v) is 11.1. The van der Waals surface area contributed by atoms with Crippen molar-refractivity contribution in [3.63, 3.8) is 0 Å². The summed E-state index contributed by atoms with van der Waals surface area (Å²) >= 11 is 0. The molecule has 4 aromatic carbocycles. The minimum absolute atomic E-state index is 0.0798. The van der Waals surface area contributed by atoms with E-state index in [-0.39, 0.29) is 11.6 Å². The van der Waals surface area contributed by atoms with Crippen LogP contribution in [-0.4, -0.2) is 80.9 Å². The van der Waals surface area contributed by atoms with E-state index in [1.807, 2.05) is 43.1 Å². The molecular formula is C38H40N6O7. The number of fused-ring (bicyclic) bond motifs is 13. The molecule has 51 heavy (non-hydrogen) atoms. The van der Waals surface area contributed by atoms with E-state index in [4.69, 9.17) is 24.7 Å². The van der Waals surface area contributed by atoms with Gasteiger partial charge in [-0.15, -0.1) is 0 Å². The number of hydrogen-bond acceptors (Lipinski definition) is 10. The van der Waals surface area contributed by atoms with Crippen LogP contribution in [0.4, 0.5) is 11.4 Å². The molecule has 0 spiro atoms. The van der Waals surface area contributed by atoms with E-state index in [1.165, 1.54) is 0 Å². The summed E-state index contributed by atoms with van der Waals surface area (Å²) in [6.07, 6.45) is -0.639. The topological polar surface area (TPSA) is 151 Å². The molecule has 2 aromatic heterocycles. The van der Waals surface area contributed by atoms with Gasteiger partial charge in [0.15, 0.2) is 5.72 Å². The largest absolute Gasteiger partial charge is 0.378 e. The molecule has 2 bridgehead atoms. The van der Waals surface area contributed by atoms with Crippen LogP contribution in [0.5, 0.6) is 0 Å². The summed E-state index contributed by atoms with van der Waals surface area (Å²) in [5.41, 5.74) is 9.41. The number of nitrogens with zero attached hydrogens (tertiary/aromatic N) is 3. The number of hydrogen-bond donors (Lipinski definition) is 3. The number of nitrogens with two attached hydrogens (primary N) is 1. The molecule has 13 heteroatoms. The zero-order chi connectivity index (χ0) is 35.2. The first-order valence-electron chi connectivity index (χ1n) is 17.5. The average molecular weight is 693 g/mol. The molecular weight excluding hydrogens is 652 g/mol. The number of rotatable bonds is 12. The Balaban J connectivity index is 1.19. The number of anilines is 2. The SMILES string of the molecule is CO[C@@H]1[C@H](N(C)c2c(NCCOCCOCCN)c(=O)c2=O)C[C@H]2O[C@]1(C)n1c3ccccc3c3c4c(c5c6ccccc6n2c5c31)C(=O)NC4. The normalized spacial score (nSPS) is 22.4. The molecule has 0 saturated carbocycles. The maximum atomic E-state index is 13.6. The van der Waals surface area contributed by atoms with Gasteiger partial charge in [0.05, 0.1) is 60.1 Å². The van der Waals surface area contributed by atoms with Crippen molar-refractivity contribution < 1.29 is 23.7 Å². The van der Waals surface area contributed by atoms with Gasteiger partial charge < -0.3 is 49.3 Å². The number of benzene rings is 3. The Labute approximate surface area is 292 Å². The molecule has 0 unspecified atom stereocenters. The second-order valence-electron chi connectivity index (χ2n) is 13.7. The van der Waals surface area contributed by atoms with Crippen LogP contribution < -0.4 is 32.1 Å². The number of aromatic nitrogens is 2. The maximum absolute atomic E-state index is 13.6. The number of carbonyl (C=O) groups is 1. The quantitative estimate of drug-likeness (QED) is 0.129. The lowest BCUT2D eigenvalue weighted by Crippen LogP contribution is -2.62. The summed E-state index contributed by atoms with van der Waals surface area (Å²) in [6, 6.07) is 16.0. The van der Waals surface area contributed by atoms with Crippen LogP contribution in [0.25, 0.3) is 43.6 Å². The summed E-state index contributed by atoms with van der Waals surface area (Å²) in [7, 11) is 3.52. The summed E-state index contributed by atoms with van der Waals surface area (Å²) in [4.78, 5) is 41.8. The zero-order valence-electron chi connectivity index (χ0n) is 28.8. The molecule has 1 fully saturated rings. The van der Waals surface area contributed by atoms with E-state index in [1.54, 1.807) is 7.11 Å². The molecule has 1 saturated heterocycles. The van der Waals surface area contributed by atoms with Crippen LogP contribution in [0, 0.1) is 0 Å². The minimum atomic E-state index is -1.07.